The minimum absolute atomic E-state index is 0.315. The molecule has 0 saturated carbocycles. The number of hydrogen-bond donors (Lipinski definition) is 1. The number of carboxylic acid groups (broad SMARTS) is 1. The maximum atomic E-state index is 13.4. The van der Waals surface area contributed by atoms with Crippen LogP contribution < -0.4 is 0 Å². The predicted octanol–water partition coefficient (Wildman–Crippen LogP) is 3.03. The molecule has 0 aliphatic rings. The Morgan fingerprint density at radius 2 is 1.69 bits per heavy atom. The van der Waals surface area contributed by atoms with Crippen LogP contribution in [0.2, 0.25) is 0 Å². The Hall–Kier alpha value is -1.52. The third-order valence-corrected chi connectivity index (χ3v) is 2.14. The van der Waals surface area contributed by atoms with Gasteiger partial charge in [-0.3, -0.25) is 0 Å². The first kappa shape index (κ1) is 12.5. The van der Waals surface area contributed by atoms with Crippen molar-refractivity contribution in [1.29, 1.82) is 0 Å². The van der Waals surface area contributed by atoms with Crippen molar-refractivity contribution in [2.75, 3.05) is 0 Å². The molecule has 0 amide bonds. The molecule has 88 valence electrons. The zero-order valence-electron chi connectivity index (χ0n) is 8.80. The van der Waals surface area contributed by atoms with Crippen molar-refractivity contribution in [1.82, 2.24) is 0 Å². The summed E-state index contributed by atoms with van der Waals surface area (Å²) in [7, 11) is 0. The summed E-state index contributed by atoms with van der Waals surface area (Å²) in [5.74, 6) is -6.86. The Morgan fingerprint density at radius 1 is 1.25 bits per heavy atom. The van der Waals surface area contributed by atoms with E-state index in [1.807, 2.05) is 0 Å². The van der Waals surface area contributed by atoms with Crippen LogP contribution in [-0.2, 0) is 4.79 Å². The summed E-state index contributed by atoms with van der Waals surface area (Å²) in [6, 6.07) is 4.12. The molecule has 0 aliphatic heterocycles. The van der Waals surface area contributed by atoms with E-state index in [4.69, 9.17) is 5.11 Å². The first-order chi connectivity index (χ1) is 7.25. The summed E-state index contributed by atoms with van der Waals surface area (Å²) in [6.07, 6.45) is -2.83. The number of alkyl halides is 3. The van der Waals surface area contributed by atoms with Gasteiger partial charge in [0.15, 0.2) is 6.17 Å². The molecule has 1 N–H and O–H groups in total. The number of aliphatic carboxylic acids is 1. The average molecular weight is 232 g/mol. The van der Waals surface area contributed by atoms with Crippen LogP contribution in [0.15, 0.2) is 18.2 Å². The molecule has 0 saturated heterocycles. The van der Waals surface area contributed by atoms with Crippen molar-refractivity contribution in [3.63, 3.8) is 0 Å². The minimum atomic E-state index is -4.40. The monoisotopic (exact) mass is 232 g/mol. The molecular weight excluding hydrogens is 221 g/mol. The molecule has 0 spiro atoms. The normalized spacial score (nSPS) is 13.6. The molecule has 0 bridgehead atoms. The third kappa shape index (κ3) is 2.35. The van der Waals surface area contributed by atoms with Crippen LogP contribution in [0.3, 0.4) is 0 Å². The van der Waals surface area contributed by atoms with E-state index in [-0.39, 0.29) is 5.56 Å². The number of aryl methyl sites for hydroxylation is 2. The van der Waals surface area contributed by atoms with E-state index < -0.39 is 18.1 Å². The number of rotatable bonds is 3. The molecule has 1 unspecified atom stereocenters. The summed E-state index contributed by atoms with van der Waals surface area (Å²) in [6.45, 7) is 3.25. The number of halogens is 3. The number of carboxylic acids is 1. The highest BCUT2D eigenvalue weighted by Gasteiger charge is 2.49. The molecular formula is C11H11F3O2. The fourth-order valence-corrected chi connectivity index (χ4v) is 1.47. The third-order valence-electron chi connectivity index (χ3n) is 2.14. The minimum Gasteiger partial charge on any atom is -0.477 e. The lowest BCUT2D eigenvalue weighted by Gasteiger charge is -2.17. The van der Waals surface area contributed by atoms with Crippen LogP contribution in [0.5, 0.6) is 0 Å². The topological polar surface area (TPSA) is 37.3 Å². The molecule has 2 nitrogen and oxygen atoms in total. The van der Waals surface area contributed by atoms with Gasteiger partial charge < -0.3 is 5.11 Å². The molecule has 1 aromatic carbocycles. The molecule has 5 heteroatoms. The first-order valence-corrected chi connectivity index (χ1v) is 4.58. The van der Waals surface area contributed by atoms with Crippen LogP contribution >= 0.6 is 0 Å². The lowest BCUT2D eigenvalue weighted by molar-refractivity contribution is -0.175. The van der Waals surface area contributed by atoms with Crippen molar-refractivity contribution in [3.05, 3.63) is 34.9 Å². The number of benzene rings is 1. The van der Waals surface area contributed by atoms with Gasteiger partial charge in [0.25, 0.3) is 0 Å². The van der Waals surface area contributed by atoms with Crippen LogP contribution in [-0.4, -0.2) is 17.0 Å². The summed E-state index contributed by atoms with van der Waals surface area (Å²) in [4.78, 5) is 10.2. The predicted molar refractivity (Wildman–Crippen MR) is 52.3 cm³/mol. The van der Waals surface area contributed by atoms with Gasteiger partial charge >= 0.3 is 11.9 Å². The maximum Gasteiger partial charge on any atom is 0.378 e. The van der Waals surface area contributed by atoms with E-state index in [1.165, 1.54) is 12.1 Å². The average Bonchev–Trinajstić information content (AvgIpc) is 2.14. The summed E-state index contributed by atoms with van der Waals surface area (Å²) < 4.78 is 39.2. The standard InChI is InChI=1S/C11H11F3O2/c1-6-3-7(2)5-8(4-6)9(12)11(13,14)10(15)16/h3-5,9H,1-2H3,(H,15,16). The van der Waals surface area contributed by atoms with Gasteiger partial charge in [-0.05, 0) is 19.4 Å². The Bertz CT molecular complexity index is 395. The van der Waals surface area contributed by atoms with Crippen molar-refractivity contribution in [3.8, 4) is 0 Å². The van der Waals surface area contributed by atoms with Crippen molar-refractivity contribution in [2.45, 2.75) is 25.9 Å². The summed E-state index contributed by atoms with van der Waals surface area (Å²) in [5.41, 5.74) is 0.905. The zero-order chi connectivity index (χ0) is 12.5. The van der Waals surface area contributed by atoms with E-state index >= 15 is 0 Å². The van der Waals surface area contributed by atoms with Crippen LogP contribution in [0, 0.1) is 13.8 Å². The van der Waals surface area contributed by atoms with Crippen molar-refractivity contribution < 1.29 is 23.1 Å². The van der Waals surface area contributed by atoms with Gasteiger partial charge in [0.1, 0.15) is 0 Å². The van der Waals surface area contributed by atoms with Gasteiger partial charge in [0, 0.05) is 0 Å². The Labute approximate surface area is 90.7 Å². The van der Waals surface area contributed by atoms with Gasteiger partial charge in [-0.2, -0.15) is 8.78 Å². The van der Waals surface area contributed by atoms with E-state index in [0.29, 0.717) is 11.1 Å². The van der Waals surface area contributed by atoms with Crippen LogP contribution in [0.4, 0.5) is 13.2 Å². The molecule has 0 heterocycles. The van der Waals surface area contributed by atoms with Crippen LogP contribution in [0.25, 0.3) is 0 Å². The number of carbonyl (C=O) groups is 1. The molecule has 0 fully saturated rings. The van der Waals surface area contributed by atoms with Crippen molar-refractivity contribution in [2.24, 2.45) is 0 Å². The van der Waals surface area contributed by atoms with E-state index in [1.54, 1.807) is 19.9 Å². The molecule has 1 atom stereocenters. The summed E-state index contributed by atoms with van der Waals surface area (Å²) >= 11 is 0. The maximum absolute atomic E-state index is 13.4. The lowest BCUT2D eigenvalue weighted by Crippen LogP contribution is -2.33. The van der Waals surface area contributed by atoms with Gasteiger partial charge in [-0.15, -0.1) is 0 Å². The quantitative estimate of drug-likeness (QED) is 0.869. The lowest BCUT2D eigenvalue weighted by atomic mass is 10.0. The second-order valence-corrected chi connectivity index (χ2v) is 3.71. The van der Waals surface area contributed by atoms with Crippen molar-refractivity contribution >= 4 is 5.97 Å². The Morgan fingerprint density at radius 3 is 2.06 bits per heavy atom. The molecule has 0 radical (unpaired) electrons. The Kier molecular flexibility index (Phi) is 3.26. The van der Waals surface area contributed by atoms with Crippen LogP contribution in [0.1, 0.15) is 22.9 Å². The van der Waals surface area contributed by atoms with E-state index in [0.717, 1.165) is 0 Å². The van der Waals surface area contributed by atoms with Gasteiger partial charge in [-0.25, -0.2) is 9.18 Å². The molecule has 0 aliphatic carbocycles. The van der Waals surface area contributed by atoms with E-state index in [9.17, 15) is 18.0 Å². The highest BCUT2D eigenvalue weighted by atomic mass is 19.3. The SMILES string of the molecule is Cc1cc(C)cc(C(F)C(F)(F)C(=O)O)c1. The van der Waals surface area contributed by atoms with Gasteiger partial charge in [0.2, 0.25) is 0 Å². The molecule has 1 aromatic rings. The molecule has 0 aromatic heterocycles. The van der Waals surface area contributed by atoms with E-state index in [2.05, 4.69) is 0 Å². The van der Waals surface area contributed by atoms with Gasteiger partial charge in [-0.1, -0.05) is 29.3 Å². The highest BCUT2D eigenvalue weighted by Crippen LogP contribution is 2.35. The second-order valence-electron chi connectivity index (χ2n) is 3.71. The largest absolute Gasteiger partial charge is 0.477 e. The smallest absolute Gasteiger partial charge is 0.378 e. The highest BCUT2D eigenvalue weighted by molar-refractivity contribution is 5.76. The fourth-order valence-electron chi connectivity index (χ4n) is 1.47. The fraction of sp³-hybridized carbons (Fsp3) is 0.364. The first-order valence-electron chi connectivity index (χ1n) is 4.58. The van der Waals surface area contributed by atoms with Gasteiger partial charge in [0.05, 0.1) is 0 Å². The molecule has 16 heavy (non-hydrogen) atoms. The Balaban J connectivity index is 3.14. The second kappa shape index (κ2) is 4.15. The summed E-state index contributed by atoms with van der Waals surface area (Å²) in [5, 5.41) is 8.22. The molecule has 1 rings (SSSR count). The zero-order valence-corrected chi connectivity index (χ0v) is 8.80. The number of hydrogen-bond acceptors (Lipinski definition) is 1.